The van der Waals surface area contributed by atoms with E-state index in [1.54, 1.807) is 16.7 Å². The number of hydrogen-bond acceptors (Lipinski definition) is 3. The second kappa shape index (κ2) is 5.97. The maximum absolute atomic E-state index is 15.0. The van der Waals surface area contributed by atoms with Crippen LogP contribution in [0, 0.1) is 11.6 Å². The number of carbonyl (C=O) groups is 1. The zero-order valence-electron chi connectivity index (χ0n) is 14.8. The average Bonchev–Trinajstić information content (AvgIpc) is 3.39. The summed E-state index contributed by atoms with van der Waals surface area (Å²) in [5, 5.41) is 12.5. The fourth-order valence-electron chi connectivity index (χ4n) is 3.94. The Labute approximate surface area is 158 Å². The number of aromatic carboxylic acids is 1. The lowest BCUT2D eigenvalue weighted by Gasteiger charge is -2.14. The molecule has 2 heterocycles. The molecule has 2 aliphatic rings. The molecule has 0 saturated heterocycles. The summed E-state index contributed by atoms with van der Waals surface area (Å²) in [5.74, 6) is -2.20. The Bertz CT molecular complexity index is 1230. The van der Waals surface area contributed by atoms with Crippen LogP contribution in [0.2, 0.25) is 0 Å². The van der Waals surface area contributed by atoms with E-state index in [9.17, 15) is 19.1 Å². The summed E-state index contributed by atoms with van der Waals surface area (Å²) >= 11 is 0. The molecule has 142 valence electrons. The van der Waals surface area contributed by atoms with Crippen molar-refractivity contribution < 1.29 is 18.7 Å². The topological polar surface area (TPSA) is 71.3 Å². The Balaban J connectivity index is 1.77. The lowest BCUT2D eigenvalue weighted by atomic mass is 9.97. The van der Waals surface area contributed by atoms with Gasteiger partial charge in [-0.1, -0.05) is 6.07 Å². The molecule has 5 nitrogen and oxygen atoms in total. The summed E-state index contributed by atoms with van der Waals surface area (Å²) in [5.41, 5.74) is 0.950. The summed E-state index contributed by atoms with van der Waals surface area (Å²) in [6, 6.07) is 5.99. The Morgan fingerprint density at radius 1 is 1.14 bits per heavy atom. The van der Waals surface area contributed by atoms with Gasteiger partial charge in [-0.15, -0.1) is 0 Å². The van der Waals surface area contributed by atoms with Gasteiger partial charge in [-0.05, 0) is 36.6 Å². The smallest absolute Gasteiger partial charge is 0.341 e. The summed E-state index contributed by atoms with van der Waals surface area (Å²) in [7, 11) is 0. The number of benzene rings is 2. The van der Waals surface area contributed by atoms with Crippen molar-refractivity contribution in [3.05, 3.63) is 69.0 Å². The Kier molecular flexibility index (Phi) is 3.64. The van der Waals surface area contributed by atoms with Crippen molar-refractivity contribution >= 4 is 16.9 Å². The number of fused-ring (bicyclic) bond motifs is 2. The van der Waals surface area contributed by atoms with Gasteiger partial charge in [-0.25, -0.2) is 13.6 Å². The van der Waals surface area contributed by atoms with Crippen LogP contribution in [0.15, 0.2) is 35.3 Å². The molecule has 0 amide bonds. The molecular formula is C21H16F2N2O3. The normalized spacial score (nSPS) is 15.8. The van der Waals surface area contributed by atoms with E-state index in [1.165, 1.54) is 18.3 Å². The van der Waals surface area contributed by atoms with Crippen molar-refractivity contribution in [3.8, 4) is 11.1 Å². The summed E-state index contributed by atoms with van der Waals surface area (Å²) in [6.45, 7) is 0.573. The van der Waals surface area contributed by atoms with E-state index in [4.69, 9.17) is 0 Å². The lowest BCUT2D eigenvalue weighted by molar-refractivity contribution is 0.0695. The van der Waals surface area contributed by atoms with Gasteiger partial charge in [0.15, 0.2) is 0 Å². The third kappa shape index (κ3) is 2.46. The Morgan fingerprint density at radius 3 is 2.61 bits per heavy atom. The summed E-state index contributed by atoms with van der Waals surface area (Å²) < 4.78 is 31.2. The minimum absolute atomic E-state index is 0.113. The van der Waals surface area contributed by atoms with Gasteiger partial charge in [0, 0.05) is 47.4 Å². The molecule has 1 aromatic heterocycles. The Morgan fingerprint density at radius 2 is 1.89 bits per heavy atom. The quantitative estimate of drug-likeness (QED) is 0.726. The molecule has 0 atom stereocenters. The molecule has 0 bridgehead atoms. The van der Waals surface area contributed by atoms with Gasteiger partial charge in [-0.2, -0.15) is 0 Å². The van der Waals surface area contributed by atoms with E-state index in [1.807, 2.05) is 0 Å². The number of carboxylic acids is 1. The lowest BCUT2D eigenvalue weighted by Crippen LogP contribution is -2.18. The first-order valence-corrected chi connectivity index (χ1v) is 9.08. The van der Waals surface area contributed by atoms with Gasteiger partial charge in [0.25, 0.3) is 0 Å². The minimum atomic E-state index is -1.27. The monoisotopic (exact) mass is 382 g/mol. The van der Waals surface area contributed by atoms with Crippen LogP contribution >= 0.6 is 0 Å². The SMILES string of the molecule is O=C(O)c1cn(C2CC2)c2cc(-c3cc(F)c4c(c3F)CNC4)ccc2c1=O. The van der Waals surface area contributed by atoms with Gasteiger partial charge in [0.2, 0.25) is 5.43 Å². The third-order valence-corrected chi connectivity index (χ3v) is 5.54. The zero-order chi connectivity index (χ0) is 19.6. The summed E-state index contributed by atoms with van der Waals surface area (Å²) in [4.78, 5) is 24.0. The van der Waals surface area contributed by atoms with E-state index in [2.05, 4.69) is 5.32 Å². The van der Waals surface area contributed by atoms with E-state index in [-0.39, 0.29) is 29.1 Å². The van der Waals surface area contributed by atoms with Crippen molar-refractivity contribution in [2.45, 2.75) is 32.0 Å². The molecule has 0 unspecified atom stereocenters. The number of hydrogen-bond donors (Lipinski definition) is 2. The molecule has 1 aliphatic carbocycles. The van der Waals surface area contributed by atoms with Gasteiger partial charge in [0.1, 0.15) is 17.2 Å². The highest BCUT2D eigenvalue weighted by atomic mass is 19.1. The van der Waals surface area contributed by atoms with Crippen LogP contribution in [0.4, 0.5) is 8.78 Å². The average molecular weight is 382 g/mol. The first kappa shape index (κ1) is 17.1. The second-order valence-electron chi connectivity index (χ2n) is 7.33. The van der Waals surface area contributed by atoms with Gasteiger partial charge >= 0.3 is 5.97 Å². The molecule has 3 aromatic rings. The largest absolute Gasteiger partial charge is 0.477 e. The zero-order valence-corrected chi connectivity index (χ0v) is 14.8. The molecule has 5 rings (SSSR count). The van der Waals surface area contributed by atoms with Crippen molar-refractivity contribution in [2.75, 3.05) is 0 Å². The van der Waals surface area contributed by atoms with Crippen molar-refractivity contribution in [1.82, 2.24) is 9.88 Å². The maximum atomic E-state index is 15.0. The number of nitrogens with one attached hydrogen (secondary N) is 1. The predicted octanol–water partition coefficient (Wildman–Crippen LogP) is 3.58. The van der Waals surface area contributed by atoms with E-state index in [0.717, 1.165) is 12.8 Å². The van der Waals surface area contributed by atoms with Crippen molar-refractivity contribution in [1.29, 1.82) is 0 Å². The van der Waals surface area contributed by atoms with Crippen LogP contribution in [0.3, 0.4) is 0 Å². The van der Waals surface area contributed by atoms with Crippen LogP contribution in [0.1, 0.15) is 40.4 Å². The van der Waals surface area contributed by atoms with Crippen molar-refractivity contribution in [2.24, 2.45) is 0 Å². The number of carboxylic acid groups (broad SMARTS) is 1. The highest BCUT2D eigenvalue weighted by molar-refractivity contribution is 5.94. The van der Waals surface area contributed by atoms with E-state index < -0.39 is 23.0 Å². The van der Waals surface area contributed by atoms with Crippen molar-refractivity contribution in [3.63, 3.8) is 0 Å². The predicted molar refractivity (Wildman–Crippen MR) is 99.3 cm³/mol. The molecule has 0 spiro atoms. The molecule has 7 heteroatoms. The number of pyridine rings is 1. The molecule has 0 radical (unpaired) electrons. The molecular weight excluding hydrogens is 366 g/mol. The highest BCUT2D eigenvalue weighted by Gasteiger charge is 2.28. The molecule has 1 fully saturated rings. The van der Waals surface area contributed by atoms with Gasteiger partial charge in [-0.3, -0.25) is 4.79 Å². The number of aromatic nitrogens is 1. The highest BCUT2D eigenvalue weighted by Crippen LogP contribution is 2.38. The standard InChI is InChI=1S/C21H16F2N2O3/c22-17-6-13(19(23)15-8-24-7-14(15)17)10-1-4-12-18(5-10)25(11-2-3-11)9-16(20(12)26)21(27)28/h1,4-6,9,11,24H,2-3,7-8H2,(H,27,28). The fourth-order valence-corrected chi connectivity index (χ4v) is 3.94. The fraction of sp³-hybridized carbons (Fsp3) is 0.238. The van der Waals surface area contributed by atoms with E-state index in [0.29, 0.717) is 28.8 Å². The maximum Gasteiger partial charge on any atom is 0.341 e. The minimum Gasteiger partial charge on any atom is -0.477 e. The third-order valence-electron chi connectivity index (χ3n) is 5.54. The first-order chi connectivity index (χ1) is 13.5. The van der Waals surface area contributed by atoms with Crippen LogP contribution in [0.5, 0.6) is 0 Å². The van der Waals surface area contributed by atoms with E-state index >= 15 is 4.39 Å². The van der Waals surface area contributed by atoms with Crippen LogP contribution in [-0.4, -0.2) is 15.6 Å². The number of halogens is 2. The number of rotatable bonds is 3. The molecule has 1 saturated carbocycles. The molecule has 2 N–H and O–H groups in total. The second-order valence-corrected chi connectivity index (χ2v) is 7.33. The number of nitrogens with zero attached hydrogens (tertiary/aromatic N) is 1. The summed E-state index contributed by atoms with van der Waals surface area (Å²) in [6.07, 6.45) is 3.13. The van der Waals surface area contributed by atoms with Crippen LogP contribution in [-0.2, 0) is 13.1 Å². The molecule has 1 aliphatic heterocycles. The Hall–Kier alpha value is -3.06. The van der Waals surface area contributed by atoms with Gasteiger partial charge < -0.3 is 15.0 Å². The van der Waals surface area contributed by atoms with Crippen LogP contribution in [0.25, 0.3) is 22.0 Å². The first-order valence-electron chi connectivity index (χ1n) is 9.08. The molecule has 2 aromatic carbocycles. The van der Waals surface area contributed by atoms with Gasteiger partial charge in [0.05, 0.1) is 5.52 Å². The van der Waals surface area contributed by atoms with Crippen LogP contribution < -0.4 is 10.7 Å². The molecule has 28 heavy (non-hydrogen) atoms.